The molecule has 3 rings (SSSR count). The Morgan fingerprint density at radius 3 is 2.62 bits per heavy atom. The first kappa shape index (κ1) is 17.5. The molecular formula is C20H24BrNO2. The maximum atomic E-state index is 10.8. The zero-order chi connectivity index (χ0) is 17.3. The summed E-state index contributed by atoms with van der Waals surface area (Å²) >= 11 is 3.59. The van der Waals surface area contributed by atoms with Crippen LogP contribution in [0.3, 0.4) is 0 Å². The van der Waals surface area contributed by atoms with Crippen molar-refractivity contribution in [3.63, 3.8) is 0 Å². The maximum Gasteiger partial charge on any atom is 0.131 e. The van der Waals surface area contributed by atoms with Crippen molar-refractivity contribution in [1.29, 1.82) is 0 Å². The fourth-order valence-corrected chi connectivity index (χ4v) is 3.52. The van der Waals surface area contributed by atoms with Crippen LogP contribution in [0.1, 0.15) is 36.6 Å². The average molecular weight is 390 g/mol. The number of hydrogen-bond acceptors (Lipinski definition) is 3. The summed E-state index contributed by atoms with van der Waals surface area (Å²) in [6.45, 7) is 6.71. The highest BCUT2D eigenvalue weighted by molar-refractivity contribution is 9.10. The number of halogens is 1. The number of nitrogens with one attached hydrogen (secondary N) is 1. The molecule has 0 radical (unpaired) electrons. The molecule has 1 aliphatic rings. The number of hydrogen-bond donors (Lipinski definition) is 2. The Hall–Kier alpha value is -1.36. The van der Waals surface area contributed by atoms with Crippen molar-refractivity contribution in [3.8, 4) is 5.75 Å². The first-order valence-corrected chi connectivity index (χ1v) is 9.12. The summed E-state index contributed by atoms with van der Waals surface area (Å²) in [5.74, 6) is 0.850. The normalized spacial score (nSPS) is 21.9. The molecule has 0 amide bonds. The van der Waals surface area contributed by atoms with Crippen LogP contribution in [0.2, 0.25) is 0 Å². The van der Waals surface area contributed by atoms with E-state index in [1.807, 2.05) is 32.9 Å². The van der Waals surface area contributed by atoms with Crippen molar-refractivity contribution in [3.05, 3.63) is 63.6 Å². The number of aliphatic hydroxyl groups excluding tert-OH is 1. The van der Waals surface area contributed by atoms with Gasteiger partial charge in [0, 0.05) is 10.0 Å². The van der Waals surface area contributed by atoms with Crippen molar-refractivity contribution in [2.24, 2.45) is 0 Å². The van der Waals surface area contributed by atoms with E-state index in [9.17, 15) is 5.11 Å². The molecule has 2 atom stereocenters. The van der Waals surface area contributed by atoms with E-state index in [1.54, 1.807) is 0 Å². The zero-order valence-electron chi connectivity index (χ0n) is 14.3. The summed E-state index contributed by atoms with van der Waals surface area (Å²) in [7, 11) is 0. The quantitative estimate of drug-likeness (QED) is 0.824. The topological polar surface area (TPSA) is 41.5 Å². The Bertz CT molecular complexity index is 715. The van der Waals surface area contributed by atoms with Gasteiger partial charge in [-0.25, -0.2) is 0 Å². The minimum absolute atomic E-state index is 0.149. The third-order valence-corrected chi connectivity index (χ3v) is 5.50. The Morgan fingerprint density at radius 1 is 1.21 bits per heavy atom. The first-order chi connectivity index (χ1) is 11.4. The zero-order valence-corrected chi connectivity index (χ0v) is 15.9. The van der Waals surface area contributed by atoms with Crippen LogP contribution in [0.4, 0.5) is 0 Å². The van der Waals surface area contributed by atoms with Crippen LogP contribution in [0, 0.1) is 6.92 Å². The second-order valence-electron chi connectivity index (χ2n) is 6.96. The van der Waals surface area contributed by atoms with E-state index in [1.165, 1.54) is 5.56 Å². The second-order valence-corrected chi connectivity index (χ2v) is 7.81. The lowest BCUT2D eigenvalue weighted by atomic mass is 9.86. The molecule has 4 heteroatoms. The Morgan fingerprint density at radius 2 is 1.92 bits per heavy atom. The van der Waals surface area contributed by atoms with Gasteiger partial charge in [-0.1, -0.05) is 46.3 Å². The van der Waals surface area contributed by atoms with Gasteiger partial charge in [0.2, 0.25) is 0 Å². The molecule has 1 aliphatic heterocycles. The number of rotatable bonds is 4. The fraction of sp³-hybridized carbons (Fsp3) is 0.400. The number of aliphatic hydroxyl groups is 1. The summed E-state index contributed by atoms with van der Waals surface area (Å²) in [4.78, 5) is 0. The molecule has 0 spiro atoms. The van der Waals surface area contributed by atoms with Crippen molar-refractivity contribution in [2.45, 2.75) is 44.9 Å². The molecular weight excluding hydrogens is 366 g/mol. The molecule has 0 saturated carbocycles. The molecule has 1 heterocycles. The van der Waals surface area contributed by atoms with Gasteiger partial charge < -0.3 is 15.2 Å². The molecule has 3 nitrogen and oxygen atoms in total. The molecule has 0 aliphatic carbocycles. The monoisotopic (exact) mass is 389 g/mol. The predicted molar refractivity (Wildman–Crippen MR) is 100 cm³/mol. The Balaban J connectivity index is 1.82. The molecule has 0 fully saturated rings. The fourth-order valence-electron chi connectivity index (χ4n) is 3.16. The molecule has 24 heavy (non-hydrogen) atoms. The molecule has 2 unspecified atom stereocenters. The van der Waals surface area contributed by atoms with E-state index in [4.69, 9.17) is 4.74 Å². The molecule has 0 aromatic heterocycles. The van der Waals surface area contributed by atoms with Crippen molar-refractivity contribution < 1.29 is 9.84 Å². The first-order valence-electron chi connectivity index (χ1n) is 8.33. The highest BCUT2D eigenvalue weighted by atomic mass is 79.9. The van der Waals surface area contributed by atoms with Crippen LogP contribution in [-0.2, 0) is 6.42 Å². The molecule has 0 bridgehead atoms. The third kappa shape index (κ3) is 3.51. The smallest absolute Gasteiger partial charge is 0.131 e. The SMILES string of the molecule is Cc1cc2c(cc1Br)C(NCCc1ccccc1)C(O)C(C)(C)O2. The highest BCUT2D eigenvalue weighted by Gasteiger charge is 2.42. The summed E-state index contributed by atoms with van der Waals surface area (Å²) in [6.07, 6.45) is 0.309. The average Bonchev–Trinajstić information content (AvgIpc) is 2.54. The van der Waals surface area contributed by atoms with Crippen LogP contribution < -0.4 is 10.1 Å². The van der Waals surface area contributed by atoms with Gasteiger partial charge in [-0.05, 0) is 57.0 Å². The standard InChI is InChI=1S/C20H24BrNO2/c1-13-11-17-15(12-16(13)21)18(19(23)20(2,3)24-17)22-10-9-14-7-5-4-6-8-14/h4-8,11-12,18-19,22-23H,9-10H2,1-3H3. The summed E-state index contributed by atoms with van der Waals surface area (Å²) in [6, 6.07) is 14.3. The summed E-state index contributed by atoms with van der Waals surface area (Å²) in [5, 5.41) is 14.3. The van der Waals surface area contributed by atoms with Gasteiger partial charge in [0.05, 0.1) is 6.04 Å². The Kier molecular flexibility index (Phi) is 5.00. The minimum atomic E-state index is -0.627. The second kappa shape index (κ2) is 6.87. The van der Waals surface area contributed by atoms with Crippen molar-refractivity contribution in [1.82, 2.24) is 5.32 Å². The van der Waals surface area contributed by atoms with E-state index >= 15 is 0 Å². The van der Waals surface area contributed by atoms with Gasteiger partial charge in [0.1, 0.15) is 17.5 Å². The molecule has 2 aromatic rings. The van der Waals surface area contributed by atoms with E-state index in [2.05, 4.69) is 51.6 Å². The van der Waals surface area contributed by atoms with Crippen LogP contribution in [0.5, 0.6) is 5.75 Å². The van der Waals surface area contributed by atoms with Crippen LogP contribution in [0.25, 0.3) is 0 Å². The number of ether oxygens (including phenoxy) is 1. The Labute approximate surface area is 152 Å². The molecule has 0 saturated heterocycles. The van der Waals surface area contributed by atoms with Crippen molar-refractivity contribution >= 4 is 15.9 Å². The largest absolute Gasteiger partial charge is 0.485 e. The number of fused-ring (bicyclic) bond motifs is 1. The summed E-state index contributed by atoms with van der Waals surface area (Å²) in [5.41, 5.74) is 2.80. The van der Waals surface area contributed by atoms with E-state index < -0.39 is 11.7 Å². The molecule has 128 valence electrons. The van der Waals surface area contributed by atoms with Crippen LogP contribution in [-0.4, -0.2) is 23.4 Å². The number of benzene rings is 2. The van der Waals surface area contributed by atoms with Crippen molar-refractivity contribution in [2.75, 3.05) is 6.54 Å². The predicted octanol–water partition coefficient (Wildman–Crippen LogP) is 4.16. The lowest BCUT2D eigenvalue weighted by Gasteiger charge is -2.42. The molecule has 2 N–H and O–H groups in total. The number of aryl methyl sites for hydroxylation is 1. The van der Waals surface area contributed by atoms with Gasteiger partial charge in [-0.15, -0.1) is 0 Å². The van der Waals surface area contributed by atoms with Gasteiger partial charge in [-0.3, -0.25) is 0 Å². The van der Waals surface area contributed by atoms with E-state index in [-0.39, 0.29) is 6.04 Å². The van der Waals surface area contributed by atoms with Crippen LogP contribution >= 0.6 is 15.9 Å². The lowest BCUT2D eigenvalue weighted by molar-refractivity contribution is -0.0644. The van der Waals surface area contributed by atoms with Gasteiger partial charge in [0.25, 0.3) is 0 Å². The third-order valence-electron chi connectivity index (χ3n) is 4.65. The van der Waals surface area contributed by atoms with E-state index in [0.717, 1.165) is 34.3 Å². The van der Waals surface area contributed by atoms with Gasteiger partial charge >= 0.3 is 0 Å². The molecule has 2 aromatic carbocycles. The van der Waals surface area contributed by atoms with Gasteiger partial charge in [-0.2, -0.15) is 0 Å². The van der Waals surface area contributed by atoms with E-state index in [0.29, 0.717) is 0 Å². The minimum Gasteiger partial charge on any atom is -0.485 e. The van der Waals surface area contributed by atoms with Crippen LogP contribution in [0.15, 0.2) is 46.9 Å². The maximum absolute atomic E-state index is 10.8. The summed E-state index contributed by atoms with van der Waals surface area (Å²) < 4.78 is 7.09. The lowest BCUT2D eigenvalue weighted by Crippen LogP contribution is -2.52. The highest BCUT2D eigenvalue weighted by Crippen LogP contribution is 2.42. The van der Waals surface area contributed by atoms with Gasteiger partial charge in [0.15, 0.2) is 0 Å².